The zero-order valence-corrected chi connectivity index (χ0v) is 12.4. The van der Waals surface area contributed by atoms with E-state index in [-0.39, 0.29) is 22.8 Å². The Morgan fingerprint density at radius 2 is 1.83 bits per heavy atom. The van der Waals surface area contributed by atoms with Crippen molar-refractivity contribution in [1.29, 1.82) is 0 Å². The molecule has 3 atom stereocenters. The van der Waals surface area contributed by atoms with E-state index in [0.717, 1.165) is 12.8 Å². The average molecular weight is 249 g/mol. The van der Waals surface area contributed by atoms with Crippen LogP contribution in [0.25, 0.3) is 0 Å². The minimum Gasteiger partial charge on any atom is -0.351 e. The SMILES string of the molecule is CC(C)(C)CC(C)(C)NC(=O)C1CC2C=CC1C2. The molecule has 0 aromatic heterocycles. The summed E-state index contributed by atoms with van der Waals surface area (Å²) < 4.78 is 0. The third-order valence-corrected chi connectivity index (χ3v) is 4.05. The van der Waals surface area contributed by atoms with Crippen LogP contribution in [0.5, 0.6) is 0 Å². The summed E-state index contributed by atoms with van der Waals surface area (Å²) in [5.41, 5.74) is 0.131. The average Bonchev–Trinajstić information content (AvgIpc) is 2.72. The molecule has 2 nitrogen and oxygen atoms in total. The molecule has 1 amide bonds. The summed E-state index contributed by atoms with van der Waals surface area (Å²) in [6.07, 6.45) is 7.78. The number of rotatable bonds is 3. The van der Waals surface area contributed by atoms with Crippen LogP contribution in [0, 0.1) is 23.2 Å². The van der Waals surface area contributed by atoms with Gasteiger partial charge in [-0.25, -0.2) is 0 Å². The van der Waals surface area contributed by atoms with Crippen molar-refractivity contribution in [2.75, 3.05) is 0 Å². The number of hydrogen-bond acceptors (Lipinski definition) is 1. The summed E-state index contributed by atoms with van der Waals surface area (Å²) in [5.74, 6) is 1.65. The highest BCUT2D eigenvalue weighted by Crippen LogP contribution is 2.43. The van der Waals surface area contributed by atoms with Crippen LogP contribution in [0.15, 0.2) is 12.2 Å². The zero-order valence-electron chi connectivity index (χ0n) is 12.4. The van der Waals surface area contributed by atoms with E-state index in [4.69, 9.17) is 0 Å². The lowest BCUT2D eigenvalue weighted by Gasteiger charge is -2.34. The lowest BCUT2D eigenvalue weighted by atomic mass is 9.81. The maximum absolute atomic E-state index is 12.4. The predicted octanol–water partition coefficient (Wildman–Crippen LogP) is 3.53. The first-order valence-electron chi connectivity index (χ1n) is 7.17. The smallest absolute Gasteiger partial charge is 0.224 e. The molecule has 0 saturated heterocycles. The summed E-state index contributed by atoms with van der Waals surface area (Å²) in [6.45, 7) is 10.9. The van der Waals surface area contributed by atoms with Crippen LogP contribution < -0.4 is 5.32 Å². The molecule has 0 spiro atoms. The van der Waals surface area contributed by atoms with E-state index in [1.807, 2.05) is 0 Å². The van der Waals surface area contributed by atoms with Gasteiger partial charge in [0.05, 0.1) is 0 Å². The van der Waals surface area contributed by atoms with Gasteiger partial charge in [0.1, 0.15) is 0 Å². The van der Waals surface area contributed by atoms with Crippen LogP contribution in [0.2, 0.25) is 0 Å². The number of hydrogen-bond donors (Lipinski definition) is 1. The fourth-order valence-corrected chi connectivity index (χ4v) is 3.88. The minimum absolute atomic E-state index is 0.110. The van der Waals surface area contributed by atoms with Crippen LogP contribution in [0.1, 0.15) is 53.9 Å². The van der Waals surface area contributed by atoms with Crippen LogP contribution >= 0.6 is 0 Å². The van der Waals surface area contributed by atoms with E-state index in [1.54, 1.807) is 0 Å². The quantitative estimate of drug-likeness (QED) is 0.762. The standard InChI is InChI=1S/C16H27NO/c1-15(2,3)10-16(4,5)17-14(18)13-9-11-6-7-12(13)8-11/h6-7,11-13H,8-10H2,1-5H3,(H,17,18). The van der Waals surface area contributed by atoms with Crippen molar-refractivity contribution in [1.82, 2.24) is 5.32 Å². The van der Waals surface area contributed by atoms with Crippen molar-refractivity contribution >= 4 is 5.91 Å². The largest absolute Gasteiger partial charge is 0.351 e. The van der Waals surface area contributed by atoms with Gasteiger partial charge in [-0.05, 0) is 50.4 Å². The van der Waals surface area contributed by atoms with Gasteiger partial charge < -0.3 is 5.32 Å². The van der Waals surface area contributed by atoms with Gasteiger partial charge in [-0.2, -0.15) is 0 Å². The molecule has 1 N–H and O–H groups in total. The number of carbonyl (C=O) groups is 1. The first-order valence-corrected chi connectivity index (χ1v) is 7.17. The van der Waals surface area contributed by atoms with Gasteiger partial charge >= 0.3 is 0 Å². The van der Waals surface area contributed by atoms with Gasteiger partial charge in [-0.15, -0.1) is 0 Å². The van der Waals surface area contributed by atoms with E-state index < -0.39 is 0 Å². The highest BCUT2D eigenvalue weighted by molar-refractivity contribution is 5.80. The maximum atomic E-state index is 12.4. The second-order valence-electron chi connectivity index (χ2n) is 8.00. The van der Waals surface area contributed by atoms with Crippen molar-refractivity contribution < 1.29 is 4.79 Å². The Bertz CT molecular complexity index is 362. The Morgan fingerprint density at radius 3 is 2.28 bits per heavy atom. The van der Waals surface area contributed by atoms with Crippen LogP contribution in [0.3, 0.4) is 0 Å². The molecule has 102 valence electrons. The molecule has 3 unspecified atom stereocenters. The number of fused-ring (bicyclic) bond motifs is 2. The van der Waals surface area contributed by atoms with Crippen molar-refractivity contribution in [3.05, 3.63) is 12.2 Å². The number of carbonyl (C=O) groups excluding carboxylic acids is 1. The topological polar surface area (TPSA) is 29.1 Å². The van der Waals surface area contributed by atoms with Gasteiger partial charge in [0.15, 0.2) is 0 Å². The minimum atomic E-state index is -0.110. The Kier molecular flexibility index (Phi) is 3.33. The molecule has 0 aliphatic heterocycles. The van der Waals surface area contributed by atoms with E-state index >= 15 is 0 Å². The molecular weight excluding hydrogens is 222 g/mol. The second-order valence-corrected chi connectivity index (χ2v) is 8.00. The highest BCUT2D eigenvalue weighted by atomic mass is 16.2. The number of amides is 1. The summed E-state index contributed by atoms with van der Waals surface area (Å²) in [5, 5.41) is 3.27. The molecule has 1 saturated carbocycles. The first-order chi connectivity index (χ1) is 8.16. The Labute approximate surface area is 111 Å². The highest BCUT2D eigenvalue weighted by Gasteiger charge is 2.41. The molecule has 0 aromatic rings. The van der Waals surface area contributed by atoms with Gasteiger partial charge in [0.25, 0.3) is 0 Å². The normalized spacial score (nSPS) is 30.8. The monoisotopic (exact) mass is 249 g/mol. The third kappa shape index (κ3) is 3.15. The molecule has 1 fully saturated rings. The molecular formula is C16H27NO. The number of nitrogens with one attached hydrogen (secondary N) is 1. The molecule has 18 heavy (non-hydrogen) atoms. The lowest BCUT2D eigenvalue weighted by molar-refractivity contribution is -0.127. The van der Waals surface area contributed by atoms with Crippen molar-refractivity contribution in [3.8, 4) is 0 Å². The molecule has 2 aliphatic rings. The summed E-state index contributed by atoms with van der Waals surface area (Å²) in [7, 11) is 0. The molecule has 2 bridgehead atoms. The first kappa shape index (κ1) is 13.6. The van der Waals surface area contributed by atoms with Crippen LogP contribution in [0.4, 0.5) is 0 Å². The molecule has 0 aromatic carbocycles. The predicted molar refractivity (Wildman–Crippen MR) is 75.1 cm³/mol. The Morgan fingerprint density at radius 1 is 1.17 bits per heavy atom. The van der Waals surface area contributed by atoms with Gasteiger partial charge in [0.2, 0.25) is 5.91 Å². The fourth-order valence-electron chi connectivity index (χ4n) is 3.88. The molecule has 0 radical (unpaired) electrons. The zero-order chi connectivity index (χ0) is 13.6. The van der Waals surface area contributed by atoms with E-state index in [9.17, 15) is 4.79 Å². The molecule has 2 heteroatoms. The summed E-state index contributed by atoms with van der Waals surface area (Å²) >= 11 is 0. The Hall–Kier alpha value is -0.790. The molecule has 0 heterocycles. The fraction of sp³-hybridized carbons (Fsp3) is 0.812. The third-order valence-electron chi connectivity index (χ3n) is 4.05. The van der Waals surface area contributed by atoms with Crippen LogP contribution in [-0.2, 0) is 4.79 Å². The van der Waals surface area contributed by atoms with Gasteiger partial charge in [-0.3, -0.25) is 4.79 Å². The van der Waals surface area contributed by atoms with Gasteiger partial charge in [0, 0.05) is 11.5 Å². The Balaban J connectivity index is 1.93. The van der Waals surface area contributed by atoms with Crippen molar-refractivity contribution in [2.24, 2.45) is 23.2 Å². The maximum Gasteiger partial charge on any atom is 0.224 e. The molecule has 2 aliphatic carbocycles. The van der Waals surface area contributed by atoms with E-state index in [1.165, 1.54) is 6.42 Å². The van der Waals surface area contributed by atoms with Crippen molar-refractivity contribution in [3.63, 3.8) is 0 Å². The van der Waals surface area contributed by atoms with Gasteiger partial charge in [-0.1, -0.05) is 32.9 Å². The second kappa shape index (κ2) is 4.40. The molecule has 2 rings (SSSR count). The van der Waals surface area contributed by atoms with Crippen LogP contribution in [-0.4, -0.2) is 11.4 Å². The summed E-state index contributed by atoms with van der Waals surface area (Å²) in [6, 6.07) is 0. The number of allylic oxidation sites excluding steroid dienone is 2. The van der Waals surface area contributed by atoms with Crippen molar-refractivity contribution in [2.45, 2.75) is 59.4 Å². The van der Waals surface area contributed by atoms with E-state index in [2.05, 4.69) is 52.1 Å². The lowest BCUT2D eigenvalue weighted by Crippen LogP contribution is -2.48. The summed E-state index contributed by atoms with van der Waals surface area (Å²) in [4.78, 5) is 12.4. The van der Waals surface area contributed by atoms with E-state index in [0.29, 0.717) is 11.8 Å².